The van der Waals surface area contributed by atoms with Crippen molar-refractivity contribution in [1.29, 1.82) is 0 Å². The van der Waals surface area contributed by atoms with Crippen molar-refractivity contribution >= 4 is 11.9 Å². The molecule has 25 heavy (non-hydrogen) atoms. The van der Waals surface area contributed by atoms with E-state index in [-0.39, 0.29) is 11.6 Å². The highest BCUT2D eigenvalue weighted by molar-refractivity contribution is 5.85. The van der Waals surface area contributed by atoms with Crippen molar-refractivity contribution in [2.75, 3.05) is 5.32 Å². The number of aromatic nitrogens is 2. The molecule has 0 aliphatic rings. The van der Waals surface area contributed by atoms with Crippen LogP contribution in [0.4, 0.5) is 23.8 Å². The van der Waals surface area contributed by atoms with Gasteiger partial charge >= 0.3 is 12.3 Å². The normalized spacial score (nSPS) is 11.2. The molecule has 0 aliphatic carbocycles. The molecule has 3 rings (SSSR count). The van der Waals surface area contributed by atoms with E-state index in [4.69, 9.17) is 4.74 Å². The molecular formula is C17H12F3N3O2. The number of anilines is 1. The van der Waals surface area contributed by atoms with E-state index in [0.717, 1.165) is 10.7 Å². The van der Waals surface area contributed by atoms with Crippen LogP contribution in [0.5, 0.6) is 5.75 Å². The minimum Gasteiger partial charge on any atom is -0.410 e. The number of rotatable bonds is 3. The number of amides is 1. The molecule has 5 nitrogen and oxygen atoms in total. The molecule has 0 unspecified atom stereocenters. The van der Waals surface area contributed by atoms with Crippen LogP contribution in [-0.4, -0.2) is 15.9 Å². The second kappa shape index (κ2) is 6.68. The molecule has 8 heteroatoms. The maximum atomic E-state index is 13.0. The zero-order valence-electron chi connectivity index (χ0n) is 12.7. The molecule has 0 fully saturated rings. The van der Waals surface area contributed by atoms with Gasteiger partial charge in [-0.1, -0.05) is 36.4 Å². The number of hydrogen-bond acceptors (Lipinski definition) is 3. The van der Waals surface area contributed by atoms with E-state index in [1.807, 2.05) is 0 Å². The van der Waals surface area contributed by atoms with Crippen molar-refractivity contribution in [3.63, 3.8) is 0 Å². The molecule has 1 heterocycles. The maximum absolute atomic E-state index is 13.0. The van der Waals surface area contributed by atoms with Crippen molar-refractivity contribution in [2.45, 2.75) is 6.18 Å². The van der Waals surface area contributed by atoms with E-state index in [1.165, 1.54) is 0 Å². The van der Waals surface area contributed by atoms with Crippen LogP contribution >= 0.6 is 0 Å². The van der Waals surface area contributed by atoms with Crippen LogP contribution in [-0.2, 0) is 6.18 Å². The zero-order valence-corrected chi connectivity index (χ0v) is 12.7. The van der Waals surface area contributed by atoms with Crippen molar-refractivity contribution in [3.05, 3.63) is 72.4 Å². The minimum atomic E-state index is -4.64. The number of ether oxygens (including phenoxy) is 1. The summed E-state index contributed by atoms with van der Waals surface area (Å²) in [7, 11) is 0. The van der Waals surface area contributed by atoms with Crippen LogP contribution in [0.25, 0.3) is 5.69 Å². The Bertz CT molecular complexity index is 862. The first-order valence-electron chi connectivity index (χ1n) is 7.20. The largest absolute Gasteiger partial charge is 0.435 e. The molecule has 2 aromatic carbocycles. The monoisotopic (exact) mass is 347 g/mol. The van der Waals surface area contributed by atoms with E-state index < -0.39 is 18.0 Å². The van der Waals surface area contributed by atoms with Crippen LogP contribution in [0.15, 0.2) is 66.7 Å². The van der Waals surface area contributed by atoms with Crippen LogP contribution in [0.1, 0.15) is 5.69 Å². The fourth-order valence-corrected chi connectivity index (χ4v) is 2.10. The van der Waals surface area contributed by atoms with E-state index in [9.17, 15) is 18.0 Å². The molecule has 0 radical (unpaired) electrons. The number of halogens is 3. The van der Waals surface area contributed by atoms with Crippen molar-refractivity contribution in [2.24, 2.45) is 0 Å². The summed E-state index contributed by atoms with van der Waals surface area (Å²) in [5.74, 6) is 0.112. The SMILES string of the molecule is O=C(Nc1cc(C(F)(F)F)nn1-c1ccccc1)Oc1ccccc1. The Hall–Kier alpha value is -3.29. The number of alkyl halides is 3. The summed E-state index contributed by atoms with van der Waals surface area (Å²) < 4.78 is 44.9. The molecule has 0 aliphatic heterocycles. The number of carbonyl (C=O) groups is 1. The second-order valence-electron chi connectivity index (χ2n) is 4.99. The lowest BCUT2D eigenvalue weighted by molar-refractivity contribution is -0.141. The van der Waals surface area contributed by atoms with Gasteiger partial charge in [0.25, 0.3) is 0 Å². The fraction of sp³-hybridized carbons (Fsp3) is 0.0588. The van der Waals surface area contributed by atoms with E-state index >= 15 is 0 Å². The lowest BCUT2D eigenvalue weighted by Gasteiger charge is -2.09. The summed E-state index contributed by atoms with van der Waals surface area (Å²) in [5, 5.41) is 5.82. The molecule has 1 amide bonds. The highest BCUT2D eigenvalue weighted by Gasteiger charge is 2.35. The Morgan fingerprint density at radius 3 is 2.20 bits per heavy atom. The molecular weight excluding hydrogens is 335 g/mol. The average molecular weight is 347 g/mol. The number of hydrogen-bond donors (Lipinski definition) is 1. The fourth-order valence-electron chi connectivity index (χ4n) is 2.10. The number of para-hydroxylation sites is 2. The Labute approximate surface area is 140 Å². The standard InChI is InChI=1S/C17H12F3N3O2/c18-17(19,20)14-11-15(23(22-14)12-7-3-1-4-8-12)21-16(24)25-13-9-5-2-6-10-13/h1-11H,(H,21,24). The average Bonchev–Trinajstić information content (AvgIpc) is 3.00. The number of benzene rings is 2. The van der Waals surface area contributed by atoms with Gasteiger partial charge in [0, 0.05) is 6.07 Å². The first-order valence-corrected chi connectivity index (χ1v) is 7.20. The summed E-state index contributed by atoms with van der Waals surface area (Å²) in [5.41, 5.74) is -0.751. The molecule has 0 atom stereocenters. The first kappa shape index (κ1) is 16.6. The highest BCUT2D eigenvalue weighted by atomic mass is 19.4. The van der Waals surface area contributed by atoms with Crippen LogP contribution in [0.2, 0.25) is 0 Å². The van der Waals surface area contributed by atoms with Gasteiger partial charge in [-0.05, 0) is 24.3 Å². The van der Waals surface area contributed by atoms with Gasteiger partial charge in [-0.2, -0.15) is 18.3 Å². The molecule has 1 aromatic heterocycles. The van der Waals surface area contributed by atoms with Crippen LogP contribution in [0.3, 0.4) is 0 Å². The van der Waals surface area contributed by atoms with Crippen LogP contribution in [0, 0.1) is 0 Å². The topological polar surface area (TPSA) is 56.2 Å². The van der Waals surface area contributed by atoms with Crippen molar-refractivity contribution < 1.29 is 22.7 Å². The predicted molar refractivity (Wildman–Crippen MR) is 84.7 cm³/mol. The molecule has 0 bridgehead atoms. The quantitative estimate of drug-likeness (QED) is 0.759. The highest BCUT2D eigenvalue weighted by Crippen LogP contribution is 2.31. The first-order chi connectivity index (χ1) is 11.9. The molecule has 1 N–H and O–H groups in total. The summed E-state index contributed by atoms with van der Waals surface area (Å²) in [6.07, 6.45) is -5.56. The number of nitrogens with zero attached hydrogens (tertiary/aromatic N) is 2. The maximum Gasteiger partial charge on any atom is 0.435 e. The molecule has 0 saturated heterocycles. The van der Waals surface area contributed by atoms with Gasteiger partial charge in [-0.25, -0.2) is 9.48 Å². The Morgan fingerprint density at radius 1 is 1.00 bits per heavy atom. The van der Waals surface area contributed by atoms with E-state index in [2.05, 4.69) is 10.4 Å². The molecule has 3 aromatic rings. The Balaban J connectivity index is 1.89. The van der Waals surface area contributed by atoms with Gasteiger partial charge in [0.05, 0.1) is 5.69 Å². The number of nitrogens with one attached hydrogen (secondary N) is 1. The number of carbonyl (C=O) groups excluding carboxylic acids is 1. The molecule has 0 spiro atoms. The smallest absolute Gasteiger partial charge is 0.410 e. The van der Waals surface area contributed by atoms with Gasteiger partial charge in [0.1, 0.15) is 11.6 Å². The Kier molecular flexibility index (Phi) is 4.42. The van der Waals surface area contributed by atoms with Gasteiger partial charge in [-0.15, -0.1) is 0 Å². The van der Waals surface area contributed by atoms with Gasteiger partial charge in [0.15, 0.2) is 5.69 Å². The summed E-state index contributed by atoms with van der Waals surface area (Å²) in [6, 6.07) is 17.1. The summed E-state index contributed by atoms with van der Waals surface area (Å²) in [4.78, 5) is 12.0. The predicted octanol–water partition coefficient (Wildman–Crippen LogP) is 4.50. The van der Waals surface area contributed by atoms with Gasteiger partial charge in [-0.3, -0.25) is 5.32 Å². The third-order valence-electron chi connectivity index (χ3n) is 3.18. The third kappa shape index (κ3) is 3.97. The van der Waals surface area contributed by atoms with E-state index in [1.54, 1.807) is 60.7 Å². The Morgan fingerprint density at radius 2 is 1.60 bits per heavy atom. The molecule has 0 saturated carbocycles. The van der Waals surface area contributed by atoms with Crippen molar-refractivity contribution in [1.82, 2.24) is 9.78 Å². The zero-order chi connectivity index (χ0) is 17.9. The third-order valence-corrected chi connectivity index (χ3v) is 3.18. The second-order valence-corrected chi connectivity index (χ2v) is 4.99. The summed E-state index contributed by atoms with van der Waals surface area (Å²) in [6.45, 7) is 0. The van der Waals surface area contributed by atoms with Crippen molar-refractivity contribution in [3.8, 4) is 11.4 Å². The minimum absolute atomic E-state index is 0.153. The van der Waals surface area contributed by atoms with Gasteiger partial charge < -0.3 is 4.74 Å². The lowest BCUT2D eigenvalue weighted by Crippen LogP contribution is -2.19. The molecule has 128 valence electrons. The van der Waals surface area contributed by atoms with Gasteiger partial charge in [0.2, 0.25) is 0 Å². The lowest BCUT2D eigenvalue weighted by atomic mass is 10.3. The summed E-state index contributed by atoms with van der Waals surface area (Å²) >= 11 is 0. The van der Waals surface area contributed by atoms with E-state index in [0.29, 0.717) is 5.69 Å². The van der Waals surface area contributed by atoms with Crippen LogP contribution < -0.4 is 10.1 Å².